The van der Waals surface area contributed by atoms with Gasteiger partial charge in [0.25, 0.3) is 0 Å². The van der Waals surface area contributed by atoms with Gasteiger partial charge >= 0.3 is 5.97 Å². The maximum Gasteiger partial charge on any atom is 0.320 e. The lowest BCUT2D eigenvalue weighted by atomic mass is 10.1. The van der Waals surface area contributed by atoms with E-state index >= 15 is 0 Å². The minimum Gasteiger partial charge on any atom is -0.480 e. The molecular formula is C26H53NO2. The third-order valence-electron chi connectivity index (χ3n) is 6.21. The summed E-state index contributed by atoms with van der Waals surface area (Å²) in [5.41, 5.74) is 0. The molecule has 0 fully saturated rings. The average Bonchev–Trinajstić information content (AvgIpc) is 2.71. The summed E-state index contributed by atoms with van der Waals surface area (Å²) in [5.74, 6) is -0.639. The van der Waals surface area contributed by atoms with Crippen LogP contribution in [0.4, 0.5) is 0 Å². The topological polar surface area (TPSA) is 40.5 Å². The van der Waals surface area contributed by atoms with Crippen molar-refractivity contribution in [1.29, 1.82) is 0 Å². The fourth-order valence-electron chi connectivity index (χ4n) is 4.26. The van der Waals surface area contributed by atoms with Crippen LogP contribution in [0, 0.1) is 0 Å². The van der Waals surface area contributed by atoms with E-state index in [2.05, 4.69) is 18.7 Å². The third-order valence-corrected chi connectivity index (χ3v) is 6.21. The van der Waals surface area contributed by atoms with Crippen molar-refractivity contribution in [2.45, 2.75) is 149 Å². The second-order valence-electron chi connectivity index (χ2n) is 8.96. The van der Waals surface area contributed by atoms with Crippen LogP contribution in [0.15, 0.2) is 0 Å². The first kappa shape index (κ1) is 28.4. The molecule has 0 aliphatic heterocycles. The van der Waals surface area contributed by atoms with Crippen molar-refractivity contribution in [1.82, 2.24) is 4.90 Å². The minimum atomic E-state index is -0.639. The molecule has 0 aromatic rings. The normalized spacial score (nSPS) is 12.6. The van der Waals surface area contributed by atoms with Crippen LogP contribution in [-0.4, -0.2) is 35.1 Å². The Labute approximate surface area is 183 Å². The van der Waals surface area contributed by atoms with Crippen LogP contribution in [0.1, 0.15) is 143 Å². The van der Waals surface area contributed by atoms with Gasteiger partial charge in [0, 0.05) is 0 Å². The Balaban J connectivity index is 3.92. The van der Waals surface area contributed by atoms with Gasteiger partial charge in [0.15, 0.2) is 0 Å². The van der Waals surface area contributed by atoms with Crippen LogP contribution in [-0.2, 0) is 4.79 Å². The highest BCUT2D eigenvalue weighted by molar-refractivity contribution is 5.73. The van der Waals surface area contributed by atoms with Crippen LogP contribution in [0.25, 0.3) is 0 Å². The Morgan fingerprint density at radius 3 is 1.17 bits per heavy atom. The zero-order valence-electron chi connectivity index (χ0n) is 20.2. The van der Waals surface area contributed by atoms with Gasteiger partial charge in [-0.3, -0.25) is 9.69 Å². The summed E-state index contributed by atoms with van der Waals surface area (Å²) < 4.78 is 0. The molecule has 0 saturated heterocycles. The Bertz CT molecular complexity index is 324. The molecule has 0 heterocycles. The highest BCUT2D eigenvalue weighted by Gasteiger charge is 2.22. The minimum absolute atomic E-state index is 0.293. The number of carboxylic acids is 1. The van der Waals surface area contributed by atoms with Gasteiger partial charge in [0.05, 0.1) is 0 Å². The molecular weight excluding hydrogens is 358 g/mol. The van der Waals surface area contributed by atoms with Crippen LogP contribution in [0.2, 0.25) is 0 Å². The number of aliphatic carboxylic acids is 1. The smallest absolute Gasteiger partial charge is 0.320 e. The van der Waals surface area contributed by atoms with Gasteiger partial charge in [-0.1, -0.05) is 124 Å². The van der Waals surface area contributed by atoms with Crippen LogP contribution in [0.3, 0.4) is 0 Å². The Morgan fingerprint density at radius 1 is 0.586 bits per heavy atom. The second kappa shape index (κ2) is 22.1. The Kier molecular flexibility index (Phi) is 21.7. The maximum atomic E-state index is 11.7. The molecule has 0 aliphatic carbocycles. The molecule has 0 saturated carbocycles. The van der Waals surface area contributed by atoms with Crippen molar-refractivity contribution >= 4 is 5.97 Å². The van der Waals surface area contributed by atoms with Crippen molar-refractivity contribution in [3.8, 4) is 0 Å². The van der Waals surface area contributed by atoms with Gasteiger partial charge in [-0.15, -0.1) is 0 Å². The summed E-state index contributed by atoms with van der Waals surface area (Å²) in [6.07, 6.45) is 24.5. The Morgan fingerprint density at radius 2 is 0.897 bits per heavy atom. The van der Waals surface area contributed by atoms with Crippen molar-refractivity contribution in [3.05, 3.63) is 0 Å². The fraction of sp³-hybridized carbons (Fsp3) is 0.962. The quantitative estimate of drug-likeness (QED) is 0.172. The first-order valence-electron chi connectivity index (χ1n) is 13.1. The molecule has 0 bridgehead atoms. The standard InChI is InChI=1S/C26H53NO2/c1-4-7-9-11-13-15-17-19-21-23-27(25(6-3)26(28)29)24-22-20-18-16-14-12-10-8-5-2/h25H,4-24H2,1-3H3,(H,28,29). The Hall–Kier alpha value is -0.570. The molecule has 0 spiro atoms. The predicted octanol–water partition coefficient (Wildman–Crippen LogP) is 8.21. The van der Waals surface area contributed by atoms with Crippen LogP contribution in [0.5, 0.6) is 0 Å². The molecule has 29 heavy (non-hydrogen) atoms. The van der Waals surface area contributed by atoms with Gasteiger partial charge in [-0.05, 0) is 32.4 Å². The highest BCUT2D eigenvalue weighted by atomic mass is 16.4. The molecule has 0 radical (unpaired) electrons. The van der Waals surface area contributed by atoms with E-state index < -0.39 is 5.97 Å². The van der Waals surface area contributed by atoms with Crippen LogP contribution < -0.4 is 0 Å². The summed E-state index contributed by atoms with van der Waals surface area (Å²) in [6.45, 7) is 8.45. The van der Waals surface area contributed by atoms with E-state index in [0.717, 1.165) is 25.9 Å². The summed E-state index contributed by atoms with van der Waals surface area (Å²) in [7, 11) is 0. The van der Waals surface area contributed by atoms with Gasteiger partial charge in [-0.2, -0.15) is 0 Å². The number of rotatable bonds is 23. The molecule has 0 aromatic heterocycles. The van der Waals surface area contributed by atoms with E-state index in [1.807, 2.05) is 6.92 Å². The third kappa shape index (κ3) is 18.0. The van der Waals surface area contributed by atoms with Gasteiger partial charge in [0.2, 0.25) is 0 Å². The zero-order valence-corrected chi connectivity index (χ0v) is 20.2. The molecule has 1 unspecified atom stereocenters. The average molecular weight is 412 g/mol. The zero-order chi connectivity index (χ0) is 21.6. The largest absolute Gasteiger partial charge is 0.480 e. The van der Waals surface area contributed by atoms with Crippen molar-refractivity contribution < 1.29 is 9.90 Å². The van der Waals surface area contributed by atoms with Gasteiger partial charge < -0.3 is 5.11 Å². The molecule has 0 aromatic carbocycles. The lowest BCUT2D eigenvalue weighted by Crippen LogP contribution is -2.42. The van der Waals surface area contributed by atoms with E-state index in [0.29, 0.717) is 6.42 Å². The van der Waals surface area contributed by atoms with E-state index in [4.69, 9.17) is 0 Å². The van der Waals surface area contributed by atoms with Gasteiger partial charge in [0.1, 0.15) is 6.04 Å². The van der Waals surface area contributed by atoms with E-state index in [9.17, 15) is 9.90 Å². The molecule has 3 nitrogen and oxygen atoms in total. The predicted molar refractivity (Wildman–Crippen MR) is 128 cm³/mol. The molecule has 0 aliphatic rings. The fourth-order valence-corrected chi connectivity index (χ4v) is 4.26. The monoisotopic (exact) mass is 411 g/mol. The van der Waals surface area contributed by atoms with E-state index in [-0.39, 0.29) is 6.04 Å². The number of hydrogen-bond acceptors (Lipinski definition) is 2. The molecule has 3 heteroatoms. The second-order valence-corrected chi connectivity index (χ2v) is 8.96. The highest BCUT2D eigenvalue weighted by Crippen LogP contribution is 2.14. The van der Waals surface area contributed by atoms with Gasteiger partial charge in [-0.25, -0.2) is 0 Å². The molecule has 0 rings (SSSR count). The number of hydrogen-bond donors (Lipinski definition) is 1. The first-order valence-corrected chi connectivity index (χ1v) is 13.1. The lowest BCUT2D eigenvalue weighted by molar-refractivity contribution is -0.143. The first-order chi connectivity index (χ1) is 14.2. The van der Waals surface area contributed by atoms with Crippen molar-refractivity contribution in [2.24, 2.45) is 0 Å². The maximum absolute atomic E-state index is 11.7. The summed E-state index contributed by atoms with van der Waals surface area (Å²) >= 11 is 0. The van der Waals surface area contributed by atoms with E-state index in [1.54, 1.807) is 0 Å². The lowest BCUT2D eigenvalue weighted by Gasteiger charge is -2.28. The molecule has 0 amide bonds. The SMILES string of the molecule is CCCCCCCCCCCN(CCCCCCCCCCC)C(CC)C(=O)O. The number of nitrogens with zero attached hydrogens (tertiary/aromatic N) is 1. The summed E-state index contributed by atoms with van der Waals surface area (Å²) in [5, 5.41) is 9.59. The van der Waals surface area contributed by atoms with Crippen molar-refractivity contribution in [3.63, 3.8) is 0 Å². The number of carbonyl (C=O) groups is 1. The van der Waals surface area contributed by atoms with Crippen molar-refractivity contribution in [2.75, 3.05) is 13.1 Å². The van der Waals surface area contributed by atoms with E-state index in [1.165, 1.54) is 103 Å². The summed E-state index contributed by atoms with van der Waals surface area (Å²) in [4.78, 5) is 13.9. The molecule has 174 valence electrons. The number of unbranched alkanes of at least 4 members (excludes halogenated alkanes) is 16. The van der Waals surface area contributed by atoms with Crippen LogP contribution >= 0.6 is 0 Å². The number of carboxylic acid groups (broad SMARTS) is 1. The summed E-state index contributed by atoms with van der Waals surface area (Å²) in [6, 6.07) is -0.293. The molecule has 1 atom stereocenters. The molecule has 1 N–H and O–H groups in total.